The van der Waals surface area contributed by atoms with Gasteiger partial charge in [0.2, 0.25) is 0 Å². The van der Waals surface area contributed by atoms with Crippen molar-refractivity contribution >= 4 is 6.29 Å². The minimum atomic E-state index is 0.829. The molecule has 0 spiro atoms. The van der Waals surface area contributed by atoms with Crippen LogP contribution < -0.4 is 0 Å². The standard InChI is InChI=1S/C8H13NO/c10-8-4-3-7-9-5-1-2-6-9/h3-4,8H,1-2,5-7H2/b4-3+. The third kappa shape index (κ3) is 2.31. The molecule has 10 heavy (non-hydrogen) atoms. The van der Waals surface area contributed by atoms with Gasteiger partial charge in [-0.1, -0.05) is 6.08 Å². The monoisotopic (exact) mass is 139 g/mol. The fraction of sp³-hybridized carbons (Fsp3) is 0.625. The van der Waals surface area contributed by atoms with Crippen molar-refractivity contribution in [1.29, 1.82) is 0 Å². The van der Waals surface area contributed by atoms with E-state index < -0.39 is 0 Å². The predicted molar refractivity (Wildman–Crippen MR) is 40.9 cm³/mol. The summed E-state index contributed by atoms with van der Waals surface area (Å²) in [5.41, 5.74) is 0. The van der Waals surface area contributed by atoms with Crippen LogP contribution in [-0.2, 0) is 4.79 Å². The summed E-state index contributed by atoms with van der Waals surface area (Å²) in [5.74, 6) is 0. The summed E-state index contributed by atoms with van der Waals surface area (Å²) in [6.07, 6.45) is 6.94. The molecule has 0 aliphatic carbocycles. The van der Waals surface area contributed by atoms with Gasteiger partial charge in [-0.05, 0) is 32.0 Å². The van der Waals surface area contributed by atoms with E-state index in [0.717, 1.165) is 12.8 Å². The fourth-order valence-electron chi connectivity index (χ4n) is 1.23. The first kappa shape index (κ1) is 7.48. The van der Waals surface area contributed by atoms with Gasteiger partial charge in [-0.25, -0.2) is 0 Å². The van der Waals surface area contributed by atoms with Crippen molar-refractivity contribution in [2.45, 2.75) is 12.8 Å². The molecule has 0 N–H and O–H groups in total. The van der Waals surface area contributed by atoms with Crippen LogP contribution in [-0.4, -0.2) is 30.8 Å². The van der Waals surface area contributed by atoms with Gasteiger partial charge in [-0.15, -0.1) is 0 Å². The molecule has 1 heterocycles. The second-order valence-electron chi connectivity index (χ2n) is 2.57. The van der Waals surface area contributed by atoms with Crippen LogP contribution in [0.1, 0.15) is 12.8 Å². The summed E-state index contributed by atoms with van der Waals surface area (Å²) >= 11 is 0. The molecule has 0 atom stereocenters. The highest BCUT2D eigenvalue weighted by Crippen LogP contribution is 2.05. The molecule has 2 nitrogen and oxygen atoms in total. The number of hydrogen-bond donors (Lipinski definition) is 0. The molecule has 1 aliphatic heterocycles. The van der Waals surface area contributed by atoms with E-state index in [4.69, 9.17) is 0 Å². The van der Waals surface area contributed by atoms with E-state index in [1.54, 1.807) is 6.08 Å². The zero-order valence-electron chi connectivity index (χ0n) is 6.12. The quantitative estimate of drug-likeness (QED) is 0.426. The molecule has 0 unspecified atom stereocenters. The fourth-order valence-corrected chi connectivity index (χ4v) is 1.23. The molecule has 1 aliphatic rings. The van der Waals surface area contributed by atoms with Gasteiger partial charge >= 0.3 is 0 Å². The number of allylic oxidation sites excluding steroid dienone is 1. The number of hydrogen-bond acceptors (Lipinski definition) is 2. The van der Waals surface area contributed by atoms with Crippen molar-refractivity contribution in [3.8, 4) is 0 Å². The summed E-state index contributed by atoms with van der Waals surface area (Å²) in [7, 11) is 0. The van der Waals surface area contributed by atoms with Crippen molar-refractivity contribution in [3.05, 3.63) is 12.2 Å². The average Bonchev–Trinajstić information content (AvgIpc) is 2.41. The maximum Gasteiger partial charge on any atom is 0.142 e. The lowest BCUT2D eigenvalue weighted by molar-refractivity contribution is -0.104. The molecule has 1 saturated heterocycles. The number of likely N-dealkylation sites (tertiary alicyclic amines) is 1. The Hall–Kier alpha value is -0.630. The highest BCUT2D eigenvalue weighted by atomic mass is 16.1. The Morgan fingerprint density at radius 3 is 2.60 bits per heavy atom. The molecule has 56 valence electrons. The van der Waals surface area contributed by atoms with E-state index >= 15 is 0 Å². The molecule has 0 saturated carbocycles. The second kappa shape index (κ2) is 4.23. The minimum absolute atomic E-state index is 0.829. The van der Waals surface area contributed by atoms with Gasteiger partial charge in [0, 0.05) is 6.54 Å². The van der Waals surface area contributed by atoms with Crippen molar-refractivity contribution in [2.24, 2.45) is 0 Å². The molecule has 0 radical (unpaired) electrons. The van der Waals surface area contributed by atoms with Crippen LogP contribution in [0.15, 0.2) is 12.2 Å². The zero-order chi connectivity index (χ0) is 7.23. The molecule has 1 rings (SSSR count). The van der Waals surface area contributed by atoms with Gasteiger partial charge in [0.1, 0.15) is 6.29 Å². The first-order chi connectivity index (χ1) is 4.93. The van der Waals surface area contributed by atoms with Crippen molar-refractivity contribution in [2.75, 3.05) is 19.6 Å². The molecular formula is C8H13NO. The molecular weight excluding hydrogens is 126 g/mol. The number of aldehydes is 1. The average molecular weight is 139 g/mol. The van der Waals surface area contributed by atoms with Crippen LogP contribution in [0.2, 0.25) is 0 Å². The molecule has 0 aromatic rings. The Bertz CT molecular complexity index is 125. The second-order valence-corrected chi connectivity index (χ2v) is 2.57. The van der Waals surface area contributed by atoms with Crippen LogP contribution >= 0.6 is 0 Å². The summed E-state index contributed by atoms with van der Waals surface area (Å²) in [4.78, 5) is 12.2. The third-order valence-electron chi connectivity index (χ3n) is 1.78. The van der Waals surface area contributed by atoms with E-state index in [9.17, 15) is 4.79 Å². The maximum absolute atomic E-state index is 9.87. The summed E-state index contributed by atoms with van der Waals surface area (Å²) in [6, 6.07) is 0. The van der Waals surface area contributed by atoms with E-state index in [2.05, 4.69) is 4.90 Å². The smallest absolute Gasteiger partial charge is 0.142 e. The van der Waals surface area contributed by atoms with Gasteiger partial charge < -0.3 is 0 Å². The van der Waals surface area contributed by atoms with E-state index in [1.807, 2.05) is 6.08 Å². The highest BCUT2D eigenvalue weighted by Gasteiger charge is 2.08. The Balaban J connectivity index is 2.12. The molecule has 0 bridgehead atoms. The summed E-state index contributed by atoms with van der Waals surface area (Å²) < 4.78 is 0. The SMILES string of the molecule is O=C/C=C/CN1CCCC1. The Morgan fingerprint density at radius 1 is 1.30 bits per heavy atom. The van der Waals surface area contributed by atoms with Gasteiger partial charge in [0.05, 0.1) is 0 Å². The molecule has 2 heteroatoms. The first-order valence-corrected chi connectivity index (χ1v) is 3.76. The normalized spacial score (nSPS) is 20.4. The van der Waals surface area contributed by atoms with Crippen LogP contribution in [0.4, 0.5) is 0 Å². The maximum atomic E-state index is 9.87. The van der Waals surface area contributed by atoms with E-state index in [-0.39, 0.29) is 0 Å². The molecule has 0 aromatic carbocycles. The predicted octanol–water partition coefficient (Wildman–Crippen LogP) is 0.837. The van der Waals surface area contributed by atoms with Crippen molar-refractivity contribution in [3.63, 3.8) is 0 Å². The van der Waals surface area contributed by atoms with Gasteiger partial charge in [-0.3, -0.25) is 9.69 Å². The Labute approximate surface area is 61.5 Å². The van der Waals surface area contributed by atoms with Crippen LogP contribution in [0.3, 0.4) is 0 Å². The number of rotatable bonds is 3. The van der Waals surface area contributed by atoms with E-state index in [1.165, 1.54) is 25.9 Å². The lowest BCUT2D eigenvalue weighted by Crippen LogP contribution is -2.18. The van der Waals surface area contributed by atoms with Crippen molar-refractivity contribution in [1.82, 2.24) is 4.90 Å². The van der Waals surface area contributed by atoms with Crippen LogP contribution in [0.5, 0.6) is 0 Å². The molecule has 0 amide bonds. The Morgan fingerprint density at radius 2 is 2.00 bits per heavy atom. The number of carbonyl (C=O) groups is 1. The summed E-state index contributed by atoms with van der Waals surface area (Å²) in [5, 5.41) is 0. The van der Waals surface area contributed by atoms with Crippen molar-refractivity contribution < 1.29 is 4.79 Å². The van der Waals surface area contributed by atoms with Crippen LogP contribution in [0.25, 0.3) is 0 Å². The lowest BCUT2D eigenvalue weighted by atomic mass is 10.4. The first-order valence-electron chi connectivity index (χ1n) is 3.76. The molecule has 0 aromatic heterocycles. The summed E-state index contributed by atoms with van der Waals surface area (Å²) in [6.45, 7) is 3.34. The van der Waals surface area contributed by atoms with Crippen LogP contribution in [0, 0.1) is 0 Å². The third-order valence-corrected chi connectivity index (χ3v) is 1.78. The number of nitrogens with zero attached hydrogens (tertiary/aromatic N) is 1. The Kier molecular flexibility index (Phi) is 3.16. The van der Waals surface area contributed by atoms with Gasteiger partial charge in [-0.2, -0.15) is 0 Å². The number of carbonyl (C=O) groups excluding carboxylic acids is 1. The molecule has 1 fully saturated rings. The topological polar surface area (TPSA) is 20.3 Å². The van der Waals surface area contributed by atoms with Gasteiger partial charge in [0.15, 0.2) is 0 Å². The lowest BCUT2D eigenvalue weighted by Gasteiger charge is -2.09. The largest absolute Gasteiger partial charge is 0.300 e. The zero-order valence-corrected chi connectivity index (χ0v) is 6.12. The minimum Gasteiger partial charge on any atom is -0.300 e. The van der Waals surface area contributed by atoms with Gasteiger partial charge in [0.25, 0.3) is 0 Å². The van der Waals surface area contributed by atoms with E-state index in [0.29, 0.717) is 0 Å². The highest BCUT2D eigenvalue weighted by molar-refractivity contribution is 5.64.